The van der Waals surface area contributed by atoms with Crippen molar-refractivity contribution in [3.63, 3.8) is 0 Å². The maximum atomic E-state index is 12.0. The molecular formula is C16H33N5O3S. The van der Waals surface area contributed by atoms with Crippen molar-refractivity contribution >= 4 is 21.9 Å². The lowest BCUT2D eigenvalue weighted by Crippen LogP contribution is -2.44. The van der Waals surface area contributed by atoms with Crippen molar-refractivity contribution in [2.45, 2.75) is 52.5 Å². The Hall–Kier alpha value is -1.35. The van der Waals surface area contributed by atoms with E-state index in [0.717, 1.165) is 12.8 Å². The Balaban J connectivity index is 2.37. The molecule has 146 valence electrons. The summed E-state index contributed by atoms with van der Waals surface area (Å²) in [5.41, 5.74) is -0.307. The van der Waals surface area contributed by atoms with Gasteiger partial charge in [-0.05, 0) is 46.5 Å². The molecule has 4 N–H and O–H groups in total. The first-order chi connectivity index (χ1) is 11.6. The topological polar surface area (TPSA) is 112 Å². The Labute approximate surface area is 151 Å². The molecule has 1 amide bonds. The summed E-state index contributed by atoms with van der Waals surface area (Å²) in [4.78, 5) is 16.0. The average molecular weight is 376 g/mol. The van der Waals surface area contributed by atoms with Crippen molar-refractivity contribution in [3.05, 3.63) is 0 Å². The van der Waals surface area contributed by atoms with Gasteiger partial charge in [0, 0.05) is 25.2 Å². The second-order valence-electron chi connectivity index (χ2n) is 7.38. The largest absolute Gasteiger partial charge is 0.357 e. The van der Waals surface area contributed by atoms with Crippen LogP contribution in [0.4, 0.5) is 0 Å². The molecule has 0 saturated heterocycles. The van der Waals surface area contributed by atoms with Crippen LogP contribution in [0.2, 0.25) is 0 Å². The Kier molecular flexibility index (Phi) is 8.64. The number of hydrogen-bond donors (Lipinski definition) is 4. The number of carbonyl (C=O) groups is 1. The Morgan fingerprint density at radius 3 is 2.40 bits per heavy atom. The van der Waals surface area contributed by atoms with Crippen LogP contribution in [-0.4, -0.2) is 57.8 Å². The molecule has 1 rings (SSSR count). The van der Waals surface area contributed by atoms with Gasteiger partial charge in [-0.25, -0.2) is 18.1 Å². The number of sulfonamides is 1. The van der Waals surface area contributed by atoms with Crippen LogP contribution in [-0.2, 0) is 14.8 Å². The van der Waals surface area contributed by atoms with Crippen molar-refractivity contribution in [1.29, 1.82) is 0 Å². The zero-order chi connectivity index (χ0) is 18.9. The summed E-state index contributed by atoms with van der Waals surface area (Å²) in [6.45, 7) is 8.98. The molecule has 0 heterocycles. The second-order valence-corrected chi connectivity index (χ2v) is 9.31. The van der Waals surface area contributed by atoms with Crippen LogP contribution in [0.25, 0.3) is 0 Å². The molecule has 1 fully saturated rings. The van der Waals surface area contributed by atoms with Crippen LogP contribution >= 0.6 is 0 Å². The summed E-state index contributed by atoms with van der Waals surface area (Å²) in [6, 6.07) is 0. The molecule has 0 radical (unpaired) electrons. The third-order valence-corrected chi connectivity index (χ3v) is 5.07. The highest BCUT2D eigenvalue weighted by molar-refractivity contribution is 7.89. The second kappa shape index (κ2) is 9.96. The monoisotopic (exact) mass is 375 g/mol. The quantitative estimate of drug-likeness (QED) is 0.339. The molecule has 0 aromatic rings. The summed E-state index contributed by atoms with van der Waals surface area (Å²) >= 11 is 0. The van der Waals surface area contributed by atoms with Gasteiger partial charge in [0.05, 0.1) is 5.75 Å². The van der Waals surface area contributed by atoms with Gasteiger partial charge >= 0.3 is 0 Å². The third-order valence-electron chi connectivity index (χ3n) is 3.72. The fourth-order valence-electron chi connectivity index (χ4n) is 2.27. The van der Waals surface area contributed by atoms with Gasteiger partial charge in [-0.2, -0.15) is 0 Å². The fraction of sp³-hybridized carbons (Fsp3) is 0.875. The normalized spacial score (nSPS) is 16.2. The number of aliphatic imine (C=N–C) groups is 1. The number of hydrogen-bond acceptors (Lipinski definition) is 4. The SMILES string of the molecule is CCNC(=NCC(=O)NC(C)(C)C)NCCS(=O)(=O)NCC1CCC1. The number of nitrogens with one attached hydrogen (secondary N) is 4. The van der Waals surface area contributed by atoms with Gasteiger partial charge in [-0.1, -0.05) is 6.42 Å². The Morgan fingerprint density at radius 2 is 1.88 bits per heavy atom. The van der Waals surface area contributed by atoms with Crippen molar-refractivity contribution in [2.24, 2.45) is 10.9 Å². The number of amides is 1. The molecule has 0 atom stereocenters. The van der Waals surface area contributed by atoms with Crippen molar-refractivity contribution in [1.82, 2.24) is 20.7 Å². The van der Waals surface area contributed by atoms with Gasteiger partial charge in [0.1, 0.15) is 6.54 Å². The predicted octanol–water partition coefficient (Wildman–Crippen LogP) is 0.176. The van der Waals surface area contributed by atoms with Gasteiger partial charge in [0.2, 0.25) is 15.9 Å². The maximum Gasteiger partial charge on any atom is 0.242 e. The Bertz CT molecular complexity index is 551. The van der Waals surface area contributed by atoms with Crippen LogP contribution in [0, 0.1) is 5.92 Å². The number of guanidine groups is 1. The van der Waals surface area contributed by atoms with E-state index in [-0.39, 0.29) is 30.3 Å². The van der Waals surface area contributed by atoms with Crippen LogP contribution in [0.1, 0.15) is 47.0 Å². The predicted molar refractivity (Wildman–Crippen MR) is 101 cm³/mol. The molecule has 1 saturated carbocycles. The average Bonchev–Trinajstić information content (AvgIpc) is 2.41. The molecule has 1 aliphatic carbocycles. The lowest BCUT2D eigenvalue weighted by Gasteiger charge is -2.25. The van der Waals surface area contributed by atoms with Crippen LogP contribution in [0.15, 0.2) is 4.99 Å². The molecule has 9 heteroatoms. The smallest absolute Gasteiger partial charge is 0.242 e. The standard InChI is InChI=1S/C16H33N5O3S/c1-5-17-15(19-12-14(22)21-16(2,3)4)18-9-10-25(23,24)20-11-13-7-6-8-13/h13,20H,5-12H2,1-4H3,(H,21,22)(H2,17,18,19). The van der Waals surface area contributed by atoms with Gasteiger partial charge in [0.25, 0.3) is 0 Å². The van der Waals surface area contributed by atoms with Gasteiger partial charge in [0.15, 0.2) is 5.96 Å². The molecule has 0 bridgehead atoms. The van der Waals surface area contributed by atoms with E-state index in [9.17, 15) is 13.2 Å². The number of carbonyl (C=O) groups excluding carboxylic acids is 1. The molecular weight excluding hydrogens is 342 g/mol. The van der Waals surface area contributed by atoms with Crippen molar-refractivity contribution in [3.8, 4) is 0 Å². The summed E-state index contributed by atoms with van der Waals surface area (Å²) in [6.07, 6.45) is 3.41. The van der Waals surface area contributed by atoms with E-state index in [1.807, 2.05) is 27.7 Å². The van der Waals surface area contributed by atoms with E-state index in [2.05, 4.69) is 25.7 Å². The third kappa shape index (κ3) is 10.3. The highest BCUT2D eigenvalue weighted by Gasteiger charge is 2.20. The minimum atomic E-state index is -3.29. The van der Waals surface area contributed by atoms with Gasteiger partial charge < -0.3 is 16.0 Å². The molecule has 0 aliphatic heterocycles. The Morgan fingerprint density at radius 1 is 1.20 bits per heavy atom. The number of nitrogens with zero attached hydrogens (tertiary/aromatic N) is 1. The van der Waals surface area contributed by atoms with E-state index in [4.69, 9.17) is 0 Å². The van der Waals surface area contributed by atoms with Gasteiger partial charge in [-0.15, -0.1) is 0 Å². The zero-order valence-electron chi connectivity index (χ0n) is 15.8. The highest BCUT2D eigenvalue weighted by atomic mass is 32.2. The van der Waals surface area contributed by atoms with E-state index < -0.39 is 10.0 Å². The van der Waals surface area contributed by atoms with Crippen LogP contribution in [0.3, 0.4) is 0 Å². The lowest BCUT2D eigenvalue weighted by molar-refractivity contribution is -0.121. The summed E-state index contributed by atoms with van der Waals surface area (Å²) < 4.78 is 26.6. The lowest BCUT2D eigenvalue weighted by atomic mass is 9.86. The molecule has 0 spiro atoms. The van der Waals surface area contributed by atoms with Crippen molar-refractivity contribution < 1.29 is 13.2 Å². The molecule has 0 unspecified atom stereocenters. The zero-order valence-corrected chi connectivity index (χ0v) is 16.6. The first-order valence-electron chi connectivity index (χ1n) is 8.92. The van der Waals surface area contributed by atoms with Crippen LogP contribution in [0.5, 0.6) is 0 Å². The minimum absolute atomic E-state index is 0.0146. The fourth-order valence-corrected chi connectivity index (χ4v) is 3.27. The molecule has 1 aliphatic rings. The van der Waals surface area contributed by atoms with Gasteiger partial charge in [-0.3, -0.25) is 4.79 Å². The summed E-state index contributed by atoms with van der Waals surface area (Å²) in [5, 5.41) is 8.78. The first-order valence-corrected chi connectivity index (χ1v) is 10.6. The van der Waals surface area contributed by atoms with E-state index in [0.29, 0.717) is 25.0 Å². The number of rotatable bonds is 9. The molecule has 0 aromatic carbocycles. The van der Waals surface area contributed by atoms with E-state index in [1.165, 1.54) is 6.42 Å². The molecule has 8 nitrogen and oxygen atoms in total. The maximum absolute atomic E-state index is 12.0. The highest BCUT2D eigenvalue weighted by Crippen LogP contribution is 2.25. The minimum Gasteiger partial charge on any atom is -0.357 e. The summed E-state index contributed by atoms with van der Waals surface area (Å²) in [7, 11) is -3.29. The van der Waals surface area contributed by atoms with E-state index in [1.54, 1.807) is 0 Å². The van der Waals surface area contributed by atoms with E-state index >= 15 is 0 Å². The molecule has 25 heavy (non-hydrogen) atoms. The first kappa shape index (κ1) is 21.7. The van der Waals surface area contributed by atoms with Crippen molar-refractivity contribution in [2.75, 3.05) is 31.9 Å². The summed E-state index contributed by atoms with van der Waals surface area (Å²) in [5.74, 6) is 0.710. The van der Waals surface area contributed by atoms with Crippen LogP contribution < -0.4 is 20.7 Å². The molecule has 0 aromatic heterocycles.